The lowest BCUT2D eigenvalue weighted by molar-refractivity contribution is 0.0878. The molecule has 1 aliphatic heterocycles. The van der Waals surface area contributed by atoms with Gasteiger partial charge in [-0.3, -0.25) is 19.7 Å². The van der Waals surface area contributed by atoms with Crippen LogP contribution in [0.3, 0.4) is 0 Å². The van der Waals surface area contributed by atoms with E-state index in [4.69, 9.17) is 11.6 Å². The third kappa shape index (κ3) is 3.46. The second-order valence-corrected chi connectivity index (χ2v) is 5.97. The molecule has 0 bridgehead atoms. The minimum absolute atomic E-state index is 0.244. The van der Waals surface area contributed by atoms with Crippen LogP contribution in [0, 0.1) is 0 Å². The van der Waals surface area contributed by atoms with E-state index in [0.717, 1.165) is 18.4 Å². The zero-order valence-corrected chi connectivity index (χ0v) is 13.5. The fourth-order valence-corrected chi connectivity index (χ4v) is 2.68. The van der Waals surface area contributed by atoms with Crippen LogP contribution in [-0.4, -0.2) is 24.3 Å². The Hall–Kier alpha value is -2.66. The lowest BCUT2D eigenvalue weighted by Crippen LogP contribution is -2.25. The van der Waals surface area contributed by atoms with Gasteiger partial charge in [0.05, 0.1) is 11.1 Å². The van der Waals surface area contributed by atoms with Gasteiger partial charge in [0.2, 0.25) is 0 Å². The zero-order chi connectivity index (χ0) is 17.1. The van der Waals surface area contributed by atoms with E-state index >= 15 is 0 Å². The Morgan fingerprint density at radius 3 is 2.46 bits per heavy atom. The molecule has 0 fully saturated rings. The van der Waals surface area contributed by atoms with E-state index in [1.165, 1.54) is 12.1 Å². The van der Waals surface area contributed by atoms with Crippen LogP contribution in [0.2, 0.25) is 5.02 Å². The minimum Gasteiger partial charge on any atom is -0.352 e. The number of fused-ring (bicyclic) bond motifs is 1. The Morgan fingerprint density at radius 1 is 1.00 bits per heavy atom. The fraction of sp³-hybridized carbons (Fsp3) is 0.167. The number of amides is 3. The smallest absolute Gasteiger partial charge is 0.258 e. The number of imide groups is 1. The molecule has 6 heteroatoms. The highest BCUT2D eigenvalue weighted by atomic mass is 35.5. The first kappa shape index (κ1) is 16.2. The first-order chi connectivity index (χ1) is 11.5. The molecule has 0 atom stereocenters. The number of carbonyl (C=O) groups excluding carboxylic acids is 3. The molecule has 0 spiro atoms. The van der Waals surface area contributed by atoms with E-state index in [1.54, 1.807) is 6.07 Å². The third-order valence-corrected chi connectivity index (χ3v) is 4.09. The molecule has 3 amide bonds. The number of hydrogen-bond donors (Lipinski definition) is 2. The van der Waals surface area contributed by atoms with E-state index in [0.29, 0.717) is 22.7 Å². The second-order valence-electron chi connectivity index (χ2n) is 5.53. The molecule has 2 aromatic rings. The van der Waals surface area contributed by atoms with Crippen molar-refractivity contribution in [3.05, 3.63) is 69.7 Å². The Labute approximate surface area is 144 Å². The standard InChI is InChI=1S/C18H15ClN2O3/c19-13-6-3-11(4-7-13)2-1-9-20-16(22)12-5-8-14-15(10-12)18(24)21-17(14)23/h3-8,10H,1-2,9H2,(H,20,22)(H,21,23,24). The van der Waals surface area contributed by atoms with Gasteiger partial charge in [0.1, 0.15) is 0 Å². The maximum absolute atomic E-state index is 12.1. The number of carbonyl (C=O) groups is 3. The molecule has 0 aromatic heterocycles. The minimum atomic E-state index is -0.465. The highest BCUT2D eigenvalue weighted by Gasteiger charge is 2.27. The quantitative estimate of drug-likeness (QED) is 0.647. The summed E-state index contributed by atoms with van der Waals surface area (Å²) in [4.78, 5) is 35.2. The van der Waals surface area contributed by atoms with E-state index in [1.807, 2.05) is 24.3 Å². The van der Waals surface area contributed by atoms with Crippen LogP contribution >= 0.6 is 11.6 Å². The summed E-state index contributed by atoms with van der Waals surface area (Å²) >= 11 is 5.84. The van der Waals surface area contributed by atoms with E-state index in [2.05, 4.69) is 10.6 Å². The number of aryl methyl sites for hydroxylation is 1. The molecule has 24 heavy (non-hydrogen) atoms. The van der Waals surface area contributed by atoms with Crippen LogP contribution in [0.25, 0.3) is 0 Å². The summed E-state index contributed by atoms with van der Waals surface area (Å²) in [6.45, 7) is 0.518. The number of halogens is 1. The van der Waals surface area contributed by atoms with Crippen molar-refractivity contribution in [1.82, 2.24) is 10.6 Å². The normalized spacial score (nSPS) is 12.7. The van der Waals surface area contributed by atoms with Crippen LogP contribution in [0.15, 0.2) is 42.5 Å². The number of benzene rings is 2. The molecule has 2 N–H and O–H groups in total. The van der Waals surface area contributed by atoms with Gasteiger partial charge < -0.3 is 5.32 Å². The second kappa shape index (κ2) is 6.84. The monoisotopic (exact) mass is 342 g/mol. The molecule has 0 unspecified atom stereocenters. The lowest BCUT2D eigenvalue weighted by atomic mass is 10.1. The summed E-state index contributed by atoms with van der Waals surface area (Å²) in [7, 11) is 0. The molecule has 0 saturated heterocycles. The summed E-state index contributed by atoms with van der Waals surface area (Å²) in [6, 6.07) is 12.1. The Balaban J connectivity index is 1.54. The molecular weight excluding hydrogens is 328 g/mol. The summed E-state index contributed by atoms with van der Waals surface area (Å²) in [5.41, 5.74) is 2.07. The maximum Gasteiger partial charge on any atom is 0.258 e. The average molecular weight is 343 g/mol. The largest absolute Gasteiger partial charge is 0.352 e. The molecule has 122 valence electrons. The molecule has 0 aliphatic carbocycles. The van der Waals surface area contributed by atoms with Gasteiger partial charge in [0.15, 0.2) is 0 Å². The van der Waals surface area contributed by atoms with Crippen molar-refractivity contribution in [2.24, 2.45) is 0 Å². The maximum atomic E-state index is 12.1. The van der Waals surface area contributed by atoms with E-state index < -0.39 is 11.8 Å². The van der Waals surface area contributed by atoms with Crippen LogP contribution < -0.4 is 10.6 Å². The predicted molar refractivity (Wildman–Crippen MR) is 90.3 cm³/mol. The fourth-order valence-electron chi connectivity index (χ4n) is 2.56. The van der Waals surface area contributed by atoms with Crippen molar-refractivity contribution in [2.75, 3.05) is 6.54 Å². The first-order valence-corrected chi connectivity index (χ1v) is 7.95. The highest BCUT2D eigenvalue weighted by Crippen LogP contribution is 2.17. The topological polar surface area (TPSA) is 75.3 Å². The summed E-state index contributed by atoms with van der Waals surface area (Å²) in [5.74, 6) is -1.15. The molecule has 2 aromatic carbocycles. The van der Waals surface area contributed by atoms with E-state index in [-0.39, 0.29) is 11.5 Å². The highest BCUT2D eigenvalue weighted by molar-refractivity contribution is 6.30. The Bertz CT molecular complexity index is 816. The van der Waals surface area contributed by atoms with Crippen molar-refractivity contribution in [3.8, 4) is 0 Å². The van der Waals surface area contributed by atoms with Crippen molar-refractivity contribution in [2.45, 2.75) is 12.8 Å². The van der Waals surface area contributed by atoms with Crippen molar-refractivity contribution in [1.29, 1.82) is 0 Å². The van der Waals surface area contributed by atoms with Gasteiger partial charge in [-0.15, -0.1) is 0 Å². The molecule has 3 rings (SSSR count). The Morgan fingerprint density at radius 2 is 1.71 bits per heavy atom. The molecule has 1 heterocycles. The van der Waals surface area contributed by atoms with Gasteiger partial charge in [-0.05, 0) is 48.7 Å². The van der Waals surface area contributed by atoms with Crippen molar-refractivity contribution in [3.63, 3.8) is 0 Å². The average Bonchev–Trinajstić information content (AvgIpc) is 2.87. The van der Waals surface area contributed by atoms with Crippen LogP contribution in [0.4, 0.5) is 0 Å². The summed E-state index contributed by atoms with van der Waals surface area (Å²) < 4.78 is 0. The number of rotatable bonds is 5. The van der Waals surface area contributed by atoms with Crippen molar-refractivity contribution >= 4 is 29.3 Å². The van der Waals surface area contributed by atoms with E-state index in [9.17, 15) is 14.4 Å². The number of hydrogen-bond acceptors (Lipinski definition) is 3. The zero-order valence-electron chi connectivity index (χ0n) is 12.8. The molecular formula is C18H15ClN2O3. The SMILES string of the molecule is O=C(NCCCc1ccc(Cl)cc1)c1ccc2c(c1)C(=O)NC2=O. The van der Waals surface area contributed by atoms with Gasteiger partial charge >= 0.3 is 0 Å². The summed E-state index contributed by atoms with van der Waals surface area (Å²) in [5, 5.41) is 5.72. The van der Waals surface area contributed by atoms with Gasteiger partial charge in [0.25, 0.3) is 17.7 Å². The third-order valence-electron chi connectivity index (χ3n) is 3.84. The number of nitrogens with one attached hydrogen (secondary N) is 2. The van der Waals surface area contributed by atoms with Gasteiger partial charge in [0, 0.05) is 17.1 Å². The predicted octanol–water partition coefficient (Wildman–Crippen LogP) is 2.59. The first-order valence-electron chi connectivity index (χ1n) is 7.57. The molecule has 1 aliphatic rings. The van der Waals surface area contributed by atoms with Gasteiger partial charge in [-0.1, -0.05) is 23.7 Å². The Kier molecular flexibility index (Phi) is 4.62. The molecule has 0 saturated carbocycles. The van der Waals surface area contributed by atoms with Crippen molar-refractivity contribution < 1.29 is 14.4 Å². The summed E-state index contributed by atoms with van der Waals surface area (Å²) in [6.07, 6.45) is 1.62. The van der Waals surface area contributed by atoms with Crippen LogP contribution in [-0.2, 0) is 6.42 Å². The van der Waals surface area contributed by atoms with Gasteiger partial charge in [-0.25, -0.2) is 0 Å². The molecule has 5 nitrogen and oxygen atoms in total. The van der Waals surface area contributed by atoms with Gasteiger partial charge in [-0.2, -0.15) is 0 Å². The molecule has 0 radical (unpaired) electrons. The van der Waals surface area contributed by atoms with Crippen LogP contribution in [0.5, 0.6) is 0 Å². The van der Waals surface area contributed by atoms with Crippen LogP contribution in [0.1, 0.15) is 43.1 Å². The lowest BCUT2D eigenvalue weighted by Gasteiger charge is -2.06.